The normalized spacial score (nSPS) is 11.0. The summed E-state index contributed by atoms with van der Waals surface area (Å²) in [6, 6.07) is 11.5. The van der Waals surface area contributed by atoms with Gasteiger partial charge in [-0.1, -0.05) is 41.9 Å². The SMILES string of the molecule is CCOC(=O)c1c(F)c(SC)c2cc(-c3ccccc3)[nH]c2c1Cl. The Bertz CT molecular complexity index is 909. The smallest absolute Gasteiger partial charge is 0.342 e. The summed E-state index contributed by atoms with van der Waals surface area (Å²) in [4.78, 5) is 15.7. The third-order valence-corrected chi connectivity index (χ3v) is 4.87. The molecule has 6 heteroatoms. The van der Waals surface area contributed by atoms with Gasteiger partial charge in [-0.3, -0.25) is 0 Å². The van der Waals surface area contributed by atoms with Crippen molar-refractivity contribution < 1.29 is 13.9 Å². The van der Waals surface area contributed by atoms with Crippen LogP contribution in [0.4, 0.5) is 4.39 Å². The average Bonchev–Trinajstić information content (AvgIpc) is 3.02. The molecule has 1 aromatic heterocycles. The lowest BCUT2D eigenvalue weighted by Crippen LogP contribution is -2.09. The van der Waals surface area contributed by atoms with Crippen LogP contribution in [0, 0.1) is 5.82 Å². The van der Waals surface area contributed by atoms with Crippen LogP contribution in [0.15, 0.2) is 41.3 Å². The molecule has 0 saturated heterocycles. The van der Waals surface area contributed by atoms with E-state index in [1.54, 1.807) is 13.2 Å². The highest BCUT2D eigenvalue weighted by Gasteiger charge is 2.26. The van der Waals surface area contributed by atoms with Gasteiger partial charge in [0.25, 0.3) is 0 Å². The molecule has 3 rings (SSSR count). The van der Waals surface area contributed by atoms with Gasteiger partial charge < -0.3 is 9.72 Å². The molecule has 0 radical (unpaired) electrons. The van der Waals surface area contributed by atoms with Gasteiger partial charge in [0.2, 0.25) is 0 Å². The molecule has 0 unspecified atom stereocenters. The van der Waals surface area contributed by atoms with Crippen LogP contribution in [0.1, 0.15) is 17.3 Å². The summed E-state index contributed by atoms with van der Waals surface area (Å²) in [7, 11) is 0. The third kappa shape index (κ3) is 2.78. The van der Waals surface area contributed by atoms with Crippen LogP contribution in [0.2, 0.25) is 5.02 Å². The number of carbonyl (C=O) groups is 1. The number of rotatable bonds is 4. The zero-order valence-electron chi connectivity index (χ0n) is 13.2. The van der Waals surface area contributed by atoms with Gasteiger partial charge in [-0.05, 0) is 24.8 Å². The van der Waals surface area contributed by atoms with E-state index in [0.717, 1.165) is 11.3 Å². The quantitative estimate of drug-likeness (QED) is 0.489. The summed E-state index contributed by atoms with van der Waals surface area (Å²) in [6.07, 6.45) is 1.76. The Hall–Kier alpha value is -1.98. The first-order chi connectivity index (χ1) is 11.6. The summed E-state index contributed by atoms with van der Waals surface area (Å²) in [5.74, 6) is -1.40. The molecule has 2 aromatic carbocycles. The van der Waals surface area contributed by atoms with Gasteiger partial charge >= 0.3 is 5.97 Å². The fraction of sp³-hybridized carbons (Fsp3) is 0.167. The molecule has 0 amide bonds. The van der Waals surface area contributed by atoms with Gasteiger partial charge in [-0.15, -0.1) is 11.8 Å². The lowest BCUT2D eigenvalue weighted by atomic mass is 10.1. The monoisotopic (exact) mass is 363 g/mol. The number of benzene rings is 2. The van der Waals surface area contributed by atoms with E-state index in [9.17, 15) is 9.18 Å². The standard InChI is InChI=1S/C18H15ClFNO2S/c1-3-23-18(22)13-14(19)16-11(17(24-2)15(13)20)9-12(21-16)10-7-5-4-6-8-10/h4-9,21H,3H2,1-2H3. The largest absolute Gasteiger partial charge is 0.462 e. The number of hydrogen-bond donors (Lipinski definition) is 1. The van der Waals surface area contributed by atoms with Crippen molar-refractivity contribution in [2.75, 3.05) is 12.9 Å². The number of ether oxygens (including phenoxy) is 1. The lowest BCUT2D eigenvalue weighted by molar-refractivity contribution is 0.0521. The van der Waals surface area contributed by atoms with Crippen molar-refractivity contribution in [1.29, 1.82) is 0 Å². The highest BCUT2D eigenvalue weighted by atomic mass is 35.5. The summed E-state index contributed by atoms with van der Waals surface area (Å²) in [5.41, 5.74) is 2.07. The van der Waals surface area contributed by atoms with Crippen LogP contribution in [0.5, 0.6) is 0 Å². The molecule has 0 fully saturated rings. The van der Waals surface area contributed by atoms with Crippen LogP contribution in [-0.4, -0.2) is 23.8 Å². The fourth-order valence-corrected chi connectivity index (χ4v) is 3.59. The van der Waals surface area contributed by atoms with Crippen molar-refractivity contribution >= 4 is 40.2 Å². The van der Waals surface area contributed by atoms with Crippen LogP contribution in [0.25, 0.3) is 22.2 Å². The second-order valence-electron chi connectivity index (χ2n) is 5.09. The molecule has 0 saturated carbocycles. The molecular weight excluding hydrogens is 349 g/mol. The average molecular weight is 364 g/mol. The Morgan fingerprint density at radius 1 is 1.33 bits per heavy atom. The van der Waals surface area contributed by atoms with Crippen LogP contribution < -0.4 is 0 Å². The third-order valence-electron chi connectivity index (χ3n) is 3.69. The van der Waals surface area contributed by atoms with E-state index in [-0.39, 0.29) is 17.2 Å². The van der Waals surface area contributed by atoms with Gasteiger partial charge in [0.15, 0.2) is 5.82 Å². The van der Waals surface area contributed by atoms with Crippen molar-refractivity contribution in [3.8, 4) is 11.3 Å². The maximum absolute atomic E-state index is 14.8. The molecule has 0 spiro atoms. The summed E-state index contributed by atoms with van der Waals surface area (Å²) < 4.78 is 19.8. The minimum atomic E-state index is -0.756. The van der Waals surface area contributed by atoms with Gasteiger partial charge in [-0.25, -0.2) is 9.18 Å². The van der Waals surface area contributed by atoms with E-state index in [2.05, 4.69) is 4.98 Å². The highest BCUT2D eigenvalue weighted by molar-refractivity contribution is 7.98. The maximum Gasteiger partial charge on any atom is 0.342 e. The number of fused-ring (bicyclic) bond motifs is 1. The van der Waals surface area contributed by atoms with E-state index >= 15 is 0 Å². The zero-order valence-corrected chi connectivity index (χ0v) is 14.7. The number of nitrogens with one attached hydrogen (secondary N) is 1. The van der Waals surface area contributed by atoms with Crippen LogP contribution in [0.3, 0.4) is 0 Å². The molecule has 0 aliphatic heterocycles. The predicted octanol–water partition coefficient (Wildman–Crippen LogP) is 5.53. The number of aromatic amines is 1. The van der Waals surface area contributed by atoms with Gasteiger partial charge in [-0.2, -0.15) is 0 Å². The van der Waals surface area contributed by atoms with E-state index in [1.807, 2.05) is 36.4 Å². The Morgan fingerprint density at radius 2 is 2.04 bits per heavy atom. The van der Waals surface area contributed by atoms with Gasteiger partial charge in [0.05, 0.1) is 22.0 Å². The number of esters is 1. The van der Waals surface area contributed by atoms with Gasteiger partial charge in [0.1, 0.15) is 5.56 Å². The van der Waals surface area contributed by atoms with Crippen LogP contribution >= 0.6 is 23.4 Å². The molecule has 3 aromatic rings. The minimum Gasteiger partial charge on any atom is -0.462 e. The molecule has 0 bridgehead atoms. The molecule has 24 heavy (non-hydrogen) atoms. The van der Waals surface area contributed by atoms with Gasteiger partial charge in [0, 0.05) is 11.1 Å². The summed E-state index contributed by atoms with van der Waals surface area (Å²) in [5, 5.41) is 0.692. The number of thioether (sulfide) groups is 1. The van der Waals surface area contributed by atoms with Crippen molar-refractivity contribution in [3.05, 3.63) is 52.8 Å². The molecule has 0 aliphatic rings. The first-order valence-corrected chi connectivity index (χ1v) is 8.99. The van der Waals surface area contributed by atoms with Crippen molar-refractivity contribution in [2.45, 2.75) is 11.8 Å². The number of hydrogen-bond acceptors (Lipinski definition) is 3. The fourth-order valence-electron chi connectivity index (χ4n) is 2.62. The molecule has 0 aliphatic carbocycles. The summed E-state index contributed by atoms with van der Waals surface area (Å²) in [6.45, 7) is 1.82. The number of halogens is 2. The van der Waals surface area contributed by atoms with E-state index < -0.39 is 11.8 Å². The maximum atomic E-state index is 14.8. The number of H-pyrrole nitrogens is 1. The zero-order chi connectivity index (χ0) is 17.3. The summed E-state index contributed by atoms with van der Waals surface area (Å²) >= 11 is 7.56. The molecule has 1 heterocycles. The molecule has 3 nitrogen and oxygen atoms in total. The lowest BCUT2D eigenvalue weighted by Gasteiger charge is -2.10. The highest BCUT2D eigenvalue weighted by Crippen LogP contribution is 2.39. The van der Waals surface area contributed by atoms with Crippen molar-refractivity contribution in [3.63, 3.8) is 0 Å². The molecular formula is C18H15ClFNO2S. The Morgan fingerprint density at radius 3 is 2.67 bits per heavy atom. The Balaban J connectivity index is 2.28. The van der Waals surface area contributed by atoms with Crippen molar-refractivity contribution in [2.24, 2.45) is 0 Å². The number of aromatic nitrogens is 1. The molecule has 1 N–H and O–H groups in total. The topological polar surface area (TPSA) is 42.1 Å². The van der Waals surface area contributed by atoms with E-state index in [0.29, 0.717) is 15.8 Å². The Kier molecular flexibility index (Phi) is 4.83. The van der Waals surface area contributed by atoms with E-state index in [1.165, 1.54) is 11.8 Å². The second kappa shape index (κ2) is 6.87. The van der Waals surface area contributed by atoms with E-state index in [4.69, 9.17) is 16.3 Å². The van der Waals surface area contributed by atoms with Crippen molar-refractivity contribution in [1.82, 2.24) is 4.98 Å². The molecule has 124 valence electrons. The molecule has 0 atom stereocenters. The number of carbonyl (C=O) groups excluding carboxylic acids is 1. The Labute approximate surface area is 148 Å². The first kappa shape index (κ1) is 16.9. The predicted molar refractivity (Wildman–Crippen MR) is 96.4 cm³/mol. The first-order valence-electron chi connectivity index (χ1n) is 7.38. The van der Waals surface area contributed by atoms with Crippen LogP contribution in [-0.2, 0) is 4.74 Å². The minimum absolute atomic E-state index is 0.0425. The second-order valence-corrected chi connectivity index (χ2v) is 6.29.